The Labute approximate surface area is 140 Å². The van der Waals surface area contributed by atoms with E-state index in [2.05, 4.69) is 62.9 Å². The SMILES string of the molecule is CN(Cc1ccc2ccccc2c1)c1nnnn1-c1ccccc1. The van der Waals surface area contributed by atoms with E-state index in [4.69, 9.17) is 0 Å². The van der Waals surface area contributed by atoms with E-state index in [1.54, 1.807) is 4.68 Å². The van der Waals surface area contributed by atoms with Crippen LogP contribution in [0.15, 0.2) is 72.8 Å². The van der Waals surface area contributed by atoms with Gasteiger partial charge in [-0.2, -0.15) is 4.68 Å². The predicted octanol–water partition coefficient (Wildman–Crippen LogP) is 3.45. The minimum Gasteiger partial charge on any atom is -0.338 e. The summed E-state index contributed by atoms with van der Waals surface area (Å²) >= 11 is 0. The fourth-order valence-electron chi connectivity index (χ4n) is 2.84. The maximum atomic E-state index is 4.18. The Morgan fingerprint density at radius 2 is 1.62 bits per heavy atom. The third-order valence-electron chi connectivity index (χ3n) is 4.03. The van der Waals surface area contributed by atoms with Crippen molar-refractivity contribution >= 4 is 16.7 Å². The van der Waals surface area contributed by atoms with Crippen molar-refractivity contribution < 1.29 is 0 Å². The lowest BCUT2D eigenvalue weighted by Gasteiger charge is -2.18. The van der Waals surface area contributed by atoms with Gasteiger partial charge >= 0.3 is 0 Å². The molecule has 24 heavy (non-hydrogen) atoms. The van der Waals surface area contributed by atoms with Crippen LogP contribution in [0.4, 0.5) is 5.95 Å². The zero-order valence-electron chi connectivity index (χ0n) is 13.4. The monoisotopic (exact) mass is 315 g/mol. The van der Waals surface area contributed by atoms with Crippen LogP contribution in [0.25, 0.3) is 16.5 Å². The van der Waals surface area contributed by atoms with Gasteiger partial charge in [-0.3, -0.25) is 0 Å². The summed E-state index contributed by atoms with van der Waals surface area (Å²) in [6.07, 6.45) is 0. The lowest BCUT2D eigenvalue weighted by atomic mass is 10.1. The molecule has 0 N–H and O–H groups in total. The normalized spacial score (nSPS) is 10.9. The fourth-order valence-corrected chi connectivity index (χ4v) is 2.84. The molecule has 118 valence electrons. The van der Waals surface area contributed by atoms with Gasteiger partial charge in [0.2, 0.25) is 5.95 Å². The van der Waals surface area contributed by atoms with Crippen molar-refractivity contribution in [1.82, 2.24) is 20.2 Å². The van der Waals surface area contributed by atoms with Gasteiger partial charge < -0.3 is 4.90 Å². The Balaban J connectivity index is 1.62. The maximum Gasteiger partial charge on any atom is 0.250 e. The number of aromatic nitrogens is 4. The topological polar surface area (TPSA) is 46.8 Å². The Kier molecular flexibility index (Phi) is 3.67. The van der Waals surface area contributed by atoms with Crippen LogP contribution in [0.5, 0.6) is 0 Å². The molecule has 3 aromatic carbocycles. The molecule has 0 bridgehead atoms. The second-order valence-electron chi connectivity index (χ2n) is 5.76. The summed E-state index contributed by atoms with van der Waals surface area (Å²) in [4.78, 5) is 2.05. The third kappa shape index (κ3) is 2.72. The van der Waals surface area contributed by atoms with E-state index >= 15 is 0 Å². The molecule has 0 fully saturated rings. The van der Waals surface area contributed by atoms with E-state index in [0.29, 0.717) is 5.95 Å². The van der Waals surface area contributed by atoms with Gasteiger partial charge in [-0.05, 0) is 45.0 Å². The van der Waals surface area contributed by atoms with E-state index in [9.17, 15) is 0 Å². The molecule has 0 atom stereocenters. The Hall–Kier alpha value is -3.21. The van der Waals surface area contributed by atoms with E-state index in [1.165, 1.54) is 16.3 Å². The molecule has 0 aliphatic carbocycles. The highest BCUT2D eigenvalue weighted by Gasteiger charge is 2.13. The van der Waals surface area contributed by atoms with E-state index in [1.807, 2.05) is 37.4 Å². The first-order valence-corrected chi connectivity index (χ1v) is 7.84. The van der Waals surface area contributed by atoms with Crippen LogP contribution in [-0.4, -0.2) is 27.3 Å². The zero-order chi connectivity index (χ0) is 16.4. The van der Waals surface area contributed by atoms with Gasteiger partial charge in [-0.15, -0.1) is 0 Å². The van der Waals surface area contributed by atoms with Crippen LogP contribution in [0, 0.1) is 0 Å². The highest BCUT2D eigenvalue weighted by molar-refractivity contribution is 5.83. The van der Waals surface area contributed by atoms with Crippen LogP contribution in [0.2, 0.25) is 0 Å². The largest absolute Gasteiger partial charge is 0.338 e. The van der Waals surface area contributed by atoms with Crippen molar-refractivity contribution in [3.8, 4) is 5.69 Å². The molecule has 4 rings (SSSR count). The number of rotatable bonds is 4. The minimum absolute atomic E-state index is 0.717. The molecule has 5 nitrogen and oxygen atoms in total. The molecule has 0 aliphatic heterocycles. The summed E-state index contributed by atoms with van der Waals surface area (Å²) in [5, 5.41) is 14.6. The van der Waals surface area contributed by atoms with Crippen LogP contribution < -0.4 is 4.90 Å². The summed E-state index contributed by atoms with van der Waals surface area (Å²) in [5.41, 5.74) is 2.17. The molecule has 0 saturated heterocycles. The number of anilines is 1. The lowest BCUT2D eigenvalue weighted by molar-refractivity contribution is 0.772. The summed E-state index contributed by atoms with van der Waals surface area (Å²) in [7, 11) is 2.00. The van der Waals surface area contributed by atoms with Gasteiger partial charge in [0.15, 0.2) is 0 Å². The Morgan fingerprint density at radius 1 is 0.875 bits per heavy atom. The first kappa shape index (κ1) is 14.4. The van der Waals surface area contributed by atoms with Crippen LogP contribution in [0.1, 0.15) is 5.56 Å². The molecule has 0 saturated carbocycles. The second-order valence-corrected chi connectivity index (χ2v) is 5.76. The minimum atomic E-state index is 0.717. The number of tetrazole rings is 1. The zero-order valence-corrected chi connectivity index (χ0v) is 13.4. The molecule has 0 spiro atoms. The molecule has 4 aromatic rings. The molecule has 0 aliphatic rings. The summed E-state index contributed by atoms with van der Waals surface area (Å²) in [6.45, 7) is 0.734. The molecular weight excluding hydrogens is 298 g/mol. The second kappa shape index (κ2) is 6.12. The first-order valence-electron chi connectivity index (χ1n) is 7.84. The van der Waals surface area contributed by atoms with Crippen molar-refractivity contribution in [2.45, 2.75) is 6.54 Å². The van der Waals surface area contributed by atoms with Gasteiger partial charge in [-0.1, -0.05) is 59.7 Å². The highest BCUT2D eigenvalue weighted by atomic mass is 15.6. The first-order chi connectivity index (χ1) is 11.8. The number of hydrogen-bond acceptors (Lipinski definition) is 4. The average molecular weight is 315 g/mol. The van der Waals surface area contributed by atoms with Crippen molar-refractivity contribution in [1.29, 1.82) is 0 Å². The molecular formula is C19H17N5. The Morgan fingerprint density at radius 3 is 2.46 bits per heavy atom. The van der Waals surface area contributed by atoms with Crippen molar-refractivity contribution in [3.05, 3.63) is 78.4 Å². The number of nitrogens with zero attached hydrogens (tertiary/aromatic N) is 5. The standard InChI is InChI=1S/C19H17N5/c1-23(14-15-11-12-16-7-5-6-8-17(16)13-15)19-20-21-22-24(19)18-9-3-2-4-10-18/h2-13H,14H2,1H3. The quantitative estimate of drug-likeness (QED) is 0.579. The lowest BCUT2D eigenvalue weighted by Crippen LogP contribution is -2.20. The fraction of sp³-hybridized carbons (Fsp3) is 0.105. The molecule has 1 heterocycles. The van der Waals surface area contributed by atoms with E-state index in [-0.39, 0.29) is 0 Å². The van der Waals surface area contributed by atoms with Gasteiger partial charge in [0.1, 0.15) is 0 Å². The number of hydrogen-bond donors (Lipinski definition) is 0. The highest BCUT2D eigenvalue weighted by Crippen LogP contribution is 2.19. The number of fused-ring (bicyclic) bond motifs is 1. The predicted molar refractivity (Wildman–Crippen MR) is 95.2 cm³/mol. The van der Waals surface area contributed by atoms with Gasteiger partial charge in [-0.25, -0.2) is 0 Å². The molecule has 0 radical (unpaired) electrons. The van der Waals surface area contributed by atoms with Crippen LogP contribution in [-0.2, 0) is 6.54 Å². The summed E-state index contributed by atoms with van der Waals surface area (Å²) in [6, 6.07) is 24.8. The molecule has 0 unspecified atom stereocenters. The number of para-hydroxylation sites is 1. The van der Waals surface area contributed by atoms with Crippen LogP contribution >= 0.6 is 0 Å². The smallest absolute Gasteiger partial charge is 0.250 e. The van der Waals surface area contributed by atoms with Gasteiger partial charge in [0.05, 0.1) is 5.69 Å². The molecule has 5 heteroatoms. The summed E-state index contributed by atoms with van der Waals surface area (Å²) < 4.78 is 1.75. The van der Waals surface area contributed by atoms with E-state index < -0.39 is 0 Å². The van der Waals surface area contributed by atoms with Gasteiger partial charge in [0.25, 0.3) is 0 Å². The van der Waals surface area contributed by atoms with Gasteiger partial charge in [0, 0.05) is 13.6 Å². The number of benzene rings is 3. The summed E-state index contributed by atoms with van der Waals surface area (Å²) in [5.74, 6) is 0.717. The molecule has 1 aromatic heterocycles. The van der Waals surface area contributed by atoms with E-state index in [0.717, 1.165) is 12.2 Å². The average Bonchev–Trinajstić information content (AvgIpc) is 3.12. The van der Waals surface area contributed by atoms with Crippen molar-refractivity contribution in [2.75, 3.05) is 11.9 Å². The Bertz CT molecular complexity index is 962. The third-order valence-corrected chi connectivity index (χ3v) is 4.03. The van der Waals surface area contributed by atoms with Crippen molar-refractivity contribution in [2.24, 2.45) is 0 Å². The van der Waals surface area contributed by atoms with Crippen LogP contribution in [0.3, 0.4) is 0 Å². The van der Waals surface area contributed by atoms with Crippen molar-refractivity contribution in [3.63, 3.8) is 0 Å². The molecule has 0 amide bonds. The maximum absolute atomic E-state index is 4.18.